The van der Waals surface area contributed by atoms with Crippen molar-refractivity contribution in [1.29, 1.82) is 0 Å². The lowest BCUT2D eigenvalue weighted by Crippen LogP contribution is -2.30. The molecule has 0 aromatic carbocycles. The highest BCUT2D eigenvalue weighted by Crippen LogP contribution is 2.22. The minimum absolute atomic E-state index is 0.0399. The topological polar surface area (TPSA) is 77.0 Å². The van der Waals surface area contributed by atoms with Crippen LogP contribution in [0.5, 0.6) is 0 Å². The minimum Gasteiger partial charge on any atom is -0.348 e. The van der Waals surface area contributed by atoms with Crippen LogP contribution in [0.15, 0.2) is 5.16 Å². The standard InChI is InChI=1S/C11H21N5OS/c1-5-6-7-9-13-14-11(16(9)12)18-8(2)10(17)15(3)4/h8H,5-7,12H2,1-4H3/t8-/m1/s1. The van der Waals surface area contributed by atoms with E-state index in [1.807, 2.05) is 6.92 Å². The van der Waals surface area contributed by atoms with Crippen LogP contribution in [-0.4, -0.2) is 45.0 Å². The van der Waals surface area contributed by atoms with Crippen molar-refractivity contribution in [3.63, 3.8) is 0 Å². The van der Waals surface area contributed by atoms with E-state index in [0.717, 1.165) is 25.1 Å². The first-order valence-electron chi connectivity index (χ1n) is 6.04. The molecule has 18 heavy (non-hydrogen) atoms. The van der Waals surface area contributed by atoms with E-state index in [0.29, 0.717) is 5.16 Å². The van der Waals surface area contributed by atoms with Gasteiger partial charge in [-0.05, 0) is 13.3 Å². The Morgan fingerprint density at radius 2 is 2.17 bits per heavy atom. The Labute approximate surface area is 112 Å². The van der Waals surface area contributed by atoms with E-state index in [9.17, 15) is 4.79 Å². The van der Waals surface area contributed by atoms with Crippen LogP contribution in [0.3, 0.4) is 0 Å². The lowest BCUT2D eigenvalue weighted by Gasteiger charge is -2.15. The van der Waals surface area contributed by atoms with Crippen LogP contribution in [0.4, 0.5) is 0 Å². The average Bonchev–Trinajstić information content (AvgIpc) is 2.67. The second-order valence-electron chi connectivity index (χ2n) is 4.37. The van der Waals surface area contributed by atoms with Gasteiger partial charge in [-0.25, -0.2) is 4.68 Å². The highest BCUT2D eigenvalue weighted by molar-refractivity contribution is 8.00. The van der Waals surface area contributed by atoms with Crippen LogP contribution >= 0.6 is 11.8 Å². The number of aryl methyl sites for hydroxylation is 1. The predicted molar refractivity (Wildman–Crippen MR) is 72.8 cm³/mol. The van der Waals surface area contributed by atoms with Gasteiger partial charge in [-0.1, -0.05) is 25.1 Å². The minimum atomic E-state index is -0.217. The maximum absolute atomic E-state index is 11.7. The van der Waals surface area contributed by atoms with Crippen molar-refractivity contribution < 1.29 is 4.79 Å². The van der Waals surface area contributed by atoms with Gasteiger partial charge in [0.2, 0.25) is 11.1 Å². The van der Waals surface area contributed by atoms with Gasteiger partial charge in [-0.2, -0.15) is 0 Å². The summed E-state index contributed by atoms with van der Waals surface area (Å²) in [6, 6.07) is 0. The molecule has 0 unspecified atom stereocenters. The molecular weight excluding hydrogens is 250 g/mol. The number of nitrogen functional groups attached to an aromatic ring is 1. The molecule has 0 aliphatic rings. The summed E-state index contributed by atoms with van der Waals surface area (Å²) >= 11 is 1.33. The van der Waals surface area contributed by atoms with Crippen molar-refractivity contribution >= 4 is 17.7 Å². The molecule has 6 nitrogen and oxygen atoms in total. The summed E-state index contributed by atoms with van der Waals surface area (Å²) in [5, 5.41) is 8.45. The summed E-state index contributed by atoms with van der Waals surface area (Å²) in [5.74, 6) is 6.72. The summed E-state index contributed by atoms with van der Waals surface area (Å²) in [7, 11) is 3.47. The smallest absolute Gasteiger partial charge is 0.235 e. The van der Waals surface area contributed by atoms with Gasteiger partial charge >= 0.3 is 0 Å². The van der Waals surface area contributed by atoms with Gasteiger partial charge in [-0.3, -0.25) is 4.79 Å². The second-order valence-corrected chi connectivity index (χ2v) is 5.67. The fraction of sp³-hybridized carbons (Fsp3) is 0.727. The third-order valence-electron chi connectivity index (χ3n) is 2.56. The largest absolute Gasteiger partial charge is 0.348 e. The Hall–Kier alpha value is -1.24. The zero-order valence-corrected chi connectivity index (χ0v) is 12.2. The van der Waals surface area contributed by atoms with Crippen LogP contribution in [0.1, 0.15) is 32.5 Å². The van der Waals surface area contributed by atoms with Gasteiger partial charge in [0.25, 0.3) is 0 Å². The number of nitrogens with zero attached hydrogens (tertiary/aromatic N) is 4. The van der Waals surface area contributed by atoms with E-state index in [2.05, 4.69) is 17.1 Å². The molecule has 0 radical (unpaired) electrons. The molecule has 0 saturated carbocycles. The molecule has 0 aliphatic carbocycles. The van der Waals surface area contributed by atoms with Crippen LogP contribution in [0.25, 0.3) is 0 Å². The Morgan fingerprint density at radius 3 is 2.72 bits per heavy atom. The number of carbonyl (C=O) groups is 1. The van der Waals surface area contributed by atoms with E-state index < -0.39 is 0 Å². The molecule has 1 aromatic rings. The van der Waals surface area contributed by atoms with Crippen LogP contribution < -0.4 is 5.84 Å². The molecule has 7 heteroatoms. The summed E-state index contributed by atoms with van der Waals surface area (Å²) in [6.45, 7) is 3.96. The first-order valence-corrected chi connectivity index (χ1v) is 6.92. The highest BCUT2D eigenvalue weighted by Gasteiger charge is 2.20. The summed E-state index contributed by atoms with van der Waals surface area (Å²) in [6.07, 6.45) is 2.94. The van der Waals surface area contributed by atoms with Crippen molar-refractivity contribution in [2.75, 3.05) is 19.9 Å². The van der Waals surface area contributed by atoms with Gasteiger partial charge in [0.05, 0.1) is 5.25 Å². The lowest BCUT2D eigenvalue weighted by molar-refractivity contribution is -0.127. The van der Waals surface area contributed by atoms with Crippen molar-refractivity contribution in [2.45, 2.75) is 43.5 Å². The number of amides is 1. The number of rotatable bonds is 6. The molecule has 1 atom stereocenters. The van der Waals surface area contributed by atoms with Crippen LogP contribution in [0, 0.1) is 0 Å². The third-order valence-corrected chi connectivity index (χ3v) is 3.60. The summed E-state index contributed by atoms with van der Waals surface area (Å²) in [5.41, 5.74) is 0. The zero-order chi connectivity index (χ0) is 13.7. The van der Waals surface area contributed by atoms with Crippen molar-refractivity contribution in [3.8, 4) is 0 Å². The molecule has 0 bridgehead atoms. The van der Waals surface area contributed by atoms with E-state index >= 15 is 0 Å². The molecule has 0 saturated heterocycles. The molecule has 1 heterocycles. The Bertz CT molecular complexity index is 404. The first kappa shape index (κ1) is 14.8. The maximum atomic E-state index is 11.7. The number of nitrogens with two attached hydrogens (primary N) is 1. The number of unbranched alkanes of at least 4 members (excludes halogenated alkanes) is 1. The van der Waals surface area contributed by atoms with Gasteiger partial charge < -0.3 is 10.7 Å². The first-order chi connectivity index (χ1) is 8.47. The van der Waals surface area contributed by atoms with E-state index in [-0.39, 0.29) is 11.2 Å². The van der Waals surface area contributed by atoms with E-state index in [4.69, 9.17) is 5.84 Å². The molecule has 1 rings (SSSR count). The Morgan fingerprint density at radius 1 is 1.50 bits per heavy atom. The molecular formula is C11H21N5OS. The van der Waals surface area contributed by atoms with Crippen molar-refractivity contribution in [1.82, 2.24) is 19.8 Å². The zero-order valence-electron chi connectivity index (χ0n) is 11.4. The number of carbonyl (C=O) groups excluding carboxylic acids is 1. The van der Waals surface area contributed by atoms with E-state index in [1.165, 1.54) is 16.4 Å². The summed E-state index contributed by atoms with van der Waals surface area (Å²) < 4.78 is 1.49. The number of thioether (sulfide) groups is 1. The van der Waals surface area contributed by atoms with Crippen LogP contribution in [0.2, 0.25) is 0 Å². The number of hydrogen-bond acceptors (Lipinski definition) is 5. The van der Waals surface area contributed by atoms with Gasteiger partial charge in [0, 0.05) is 20.5 Å². The van der Waals surface area contributed by atoms with Gasteiger partial charge in [0.15, 0.2) is 5.82 Å². The monoisotopic (exact) mass is 271 g/mol. The van der Waals surface area contributed by atoms with Crippen molar-refractivity contribution in [3.05, 3.63) is 5.82 Å². The normalized spacial score (nSPS) is 12.4. The summed E-state index contributed by atoms with van der Waals surface area (Å²) in [4.78, 5) is 13.3. The molecule has 1 amide bonds. The fourth-order valence-corrected chi connectivity index (χ4v) is 2.40. The molecule has 0 spiro atoms. The average molecular weight is 271 g/mol. The fourth-order valence-electron chi connectivity index (χ4n) is 1.47. The predicted octanol–water partition coefficient (Wildman–Crippen LogP) is 0.903. The Balaban J connectivity index is 2.68. The van der Waals surface area contributed by atoms with Gasteiger partial charge in [-0.15, -0.1) is 10.2 Å². The maximum Gasteiger partial charge on any atom is 0.235 e. The number of hydrogen-bond donors (Lipinski definition) is 1. The Kier molecular flexibility index (Phi) is 5.46. The molecule has 0 aliphatic heterocycles. The van der Waals surface area contributed by atoms with E-state index in [1.54, 1.807) is 19.0 Å². The molecule has 1 aromatic heterocycles. The molecule has 0 fully saturated rings. The van der Waals surface area contributed by atoms with Gasteiger partial charge in [0.1, 0.15) is 0 Å². The highest BCUT2D eigenvalue weighted by atomic mass is 32.2. The second kappa shape index (κ2) is 6.63. The number of aromatic nitrogens is 3. The molecule has 102 valence electrons. The quantitative estimate of drug-likeness (QED) is 0.614. The lowest BCUT2D eigenvalue weighted by atomic mass is 10.2. The van der Waals surface area contributed by atoms with Crippen LogP contribution in [-0.2, 0) is 11.2 Å². The SMILES string of the molecule is CCCCc1nnc(S[C@H](C)C(=O)N(C)C)n1N. The molecule has 2 N–H and O–H groups in total. The third kappa shape index (κ3) is 3.63. The van der Waals surface area contributed by atoms with Crippen molar-refractivity contribution in [2.24, 2.45) is 0 Å².